The van der Waals surface area contributed by atoms with E-state index in [2.05, 4.69) is 16.0 Å². The number of Topliss-reactive ketones (excluding diaryl/α,β-unsaturated/α-hetero) is 1. The second kappa shape index (κ2) is 27.5. The Kier molecular flexibility index (Phi) is 22.8. The highest BCUT2D eigenvalue weighted by molar-refractivity contribution is 5.95. The Bertz CT molecular complexity index is 1370. The van der Waals surface area contributed by atoms with Crippen LogP contribution in [0.3, 0.4) is 0 Å². The molecule has 0 spiro atoms. The number of hydrogen-bond donors (Lipinski definition) is 4. The highest BCUT2D eigenvalue weighted by Gasteiger charge is 2.45. The third-order valence-corrected chi connectivity index (χ3v) is 10.2. The monoisotopic (exact) mass is 824 g/mol. The van der Waals surface area contributed by atoms with E-state index in [9.17, 15) is 38.4 Å². The van der Waals surface area contributed by atoms with Gasteiger partial charge in [-0.15, -0.1) is 0 Å². The number of amides is 6. The molecule has 19 heteroatoms. The molecule has 0 aromatic rings. The van der Waals surface area contributed by atoms with Gasteiger partial charge in [-0.1, -0.05) is 6.42 Å². The van der Waals surface area contributed by atoms with Gasteiger partial charge in [0.2, 0.25) is 35.4 Å². The number of ketones is 1. The zero-order valence-corrected chi connectivity index (χ0v) is 34.0. The lowest BCUT2D eigenvalue weighted by atomic mass is 10.1. The molecular formula is C39H64N6O13. The molecule has 4 N–H and O–H groups in total. The van der Waals surface area contributed by atoms with E-state index < -0.39 is 24.1 Å². The zero-order valence-electron chi connectivity index (χ0n) is 34.0. The van der Waals surface area contributed by atoms with Crippen LogP contribution in [-0.4, -0.2) is 177 Å². The van der Waals surface area contributed by atoms with Gasteiger partial charge >= 0.3 is 5.97 Å². The van der Waals surface area contributed by atoms with E-state index in [1.807, 2.05) is 0 Å². The molecule has 19 nitrogen and oxygen atoms in total. The van der Waals surface area contributed by atoms with Crippen LogP contribution in [0.1, 0.15) is 90.4 Å². The van der Waals surface area contributed by atoms with Crippen molar-refractivity contribution in [2.45, 2.75) is 109 Å². The molecule has 3 saturated heterocycles. The average Bonchev–Trinajstić information content (AvgIpc) is 3.99. The Morgan fingerprint density at radius 3 is 1.62 bits per heavy atom. The van der Waals surface area contributed by atoms with Gasteiger partial charge in [-0.25, -0.2) is 0 Å². The fourth-order valence-corrected chi connectivity index (χ4v) is 7.23. The summed E-state index contributed by atoms with van der Waals surface area (Å²) in [5.41, 5.74) is 0. The second-order valence-electron chi connectivity index (χ2n) is 14.7. The minimum atomic E-state index is -0.976. The number of rotatable bonds is 29. The SMILES string of the molecule is CC(=O)CCCCCNC(=O)COCCOCCNC(=O)COCCOCCNC(=O)C1CCCN1C(=O)C1CCCN1C(=O)C1CCCN1C(=O)CCCC(=O)O. The number of carboxylic acid groups (broad SMARTS) is 1. The Labute approximate surface area is 340 Å². The van der Waals surface area contributed by atoms with Gasteiger partial charge in [-0.3, -0.25) is 33.6 Å². The van der Waals surface area contributed by atoms with Gasteiger partial charge in [0.25, 0.3) is 0 Å². The van der Waals surface area contributed by atoms with Crippen molar-refractivity contribution < 1.29 is 62.4 Å². The Morgan fingerprint density at radius 1 is 0.534 bits per heavy atom. The Hall–Kier alpha value is -4.20. The number of nitrogens with zero attached hydrogens (tertiary/aromatic N) is 3. The van der Waals surface area contributed by atoms with Crippen LogP contribution < -0.4 is 16.0 Å². The van der Waals surface area contributed by atoms with Gasteiger partial charge in [0.1, 0.15) is 37.1 Å². The lowest BCUT2D eigenvalue weighted by molar-refractivity contribution is -0.150. The van der Waals surface area contributed by atoms with Crippen LogP contribution in [0.4, 0.5) is 0 Å². The summed E-state index contributed by atoms with van der Waals surface area (Å²) in [7, 11) is 0. The minimum Gasteiger partial charge on any atom is -0.481 e. The fourth-order valence-electron chi connectivity index (χ4n) is 7.23. The maximum atomic E-state index is 13.8. The predicted molar refractivity (Wildman–Crippen MR) is 207 cm³/mol. The first-order valence-electron chi connectivity index (χ1n) is 20.7. The number of carbonyl (C=O) groups excluding carboxylic acids is 7. The largest absolute Gasteiger partial charge is 0.481 e. The topological polar surface area (TPSA) is 240 Å². The Morgan fingerprint density at radius 2 is 1.03 bits per heavy atom. The van der Waals surface area contributed by atoms with Crippen molar-refractivity contribution in [2.24, 2.45) is 0 Å². The zero-order chi connectivity index (χ0) is 42.1. The van der Waals surface area contributed by atoms with Crippen molar-refractivity contribution in [3.63, 3.8) is 0 Å². The van der Waals surface area contributed by atoms with Gasteiger partial charge < -0.3 is 59.5 Å². The van der Waals surface area contributed by atoms with Gasteiger partial charge in [-0.2, -0.15) is 0 Å². The minimum absolute atomic E-state index is 0.0518. The standard InChI is InChI=1S/C39H64N6O13/c1-29(46)9-3-2-4-15-40-33(47)27-57-25-23-55-21-16-41-34(48)28-58-26-24-56-22-17-42-37(52)30-10-6-19-44(30)39(54)32-12-8-20-45(32)38(53)31-11-7-18-43(31)35(49)13-5-14-36(50)51/h30-32H,2-28H2,1H3,(H,40,47)(H,41,48)(H,42,52)(H,50,51). The number of unbranched alkanes of at least 4 members (excludes halogenated alkanes) is 2. The summed E-state index contributed by atoms with van der Waals surface area (Å²) in [6.45, 7) is 4.97. The summed E-state index contributed by atoms with van der Waals surface area (Å²) in [6.07, 6.45) is 6.65. The number of hydrogen-bond acceptors (Lipinski definition) is 12. The third kappa shape index (κ3) is 17.7. The summed E-state index contributed by atoms with van der Waals surface area (Å²) in [6, 6.07) is -2.03. The van der Waals surface area contributed by atoms with Crippen molar-refractivity contribution in [1.82, 2.24) is 30.7 Å². The van der Waals surface area contributed by atoms with Crippen LogP contribution in [0.2, 0.25) is 0 Å². The highest BCUT2D eigenvalue weighted by atomic mass is 16.5. The molecule has 3 atom stereocenters. The lowest BCUT2D eigenvalue weighted by Crippen LogP contribution is -2.55. The molecule has 3 aliphatic heterocycles. The molecule has 0 bridgehead atoms. The van der Waals surface area contributed by atoms with E-state index in [1.54, 1.807) is 16.7 Å². The molecule has 3 rings (SSSR count). The van der Waals surface area contributed by atoms with Crippen molar-refractivity contribution in [3.05, 3.63) is 0 Å². The van der Waals surface area contributed by atoms with Crippen LogP contribution in [0.25, 0.3) is 0 Å². The van der Waals surface area contributed by atoms with E-state index in [1.165, 1.54) is 4.90 Å². The van der Waals surface area contributed by atoms with Crippen LogP contribution in [0.15, 0.2) is 0 Å². The smallest absolute Gasteiger partial charge is 0.303 e. The molecule has 0 aromatic heterocycles. The highest BCUT2D eigenvalue weighted by Crippen LogP contribution is 2.29. The van der Waals surface area contributed by atoms with Gasteiger partial charge in [0.15, 0.2) is 0 Å². The molecule has 0 aromatic carbocycles. The van der Waals surface area contributed by atoms with E-state index in [4.69, 9.17) is 24.1 Å². The molecule has 3 unspecified atom stereocenters. The van der Waals surface area contributed by atoms with E-state index in [0.717, 1.165) is 19.3 Å². The summed E-state index contributed by atoms with van der Waals surface area (Å²) in [4.78, 5) is 103. The number of likely N-dealkylation sites (tertiary alicyclic amines) is 3. The first-order valence-corrected chi connectivity index (χ1v) is 20.7. The first-order chi connectivity index (χ1) is 28.0. The summed E-state index contributed by atoms with van der Waals surface area (Å²) < 4.78 is 21.5. The molecule has 0 aliphatic carbocycles. The Balaban J connectivity index is 1.20. The summed E-state index contributed by atoms with van der Waals surface area (Å²) in [5.74, 6) is -2.40. The lowest BCUT2D eigenvalue weighted by Gasteiger charge is -2.34. The summed E-state index contributed by atoms with van der Waals surface area (Å²) >= 11 is 0. The average molecular weight is 825 g/mol. The van der Waals surface area contributed by atoms with Gasteiger partial charge in [-0.05, 0) is 64.7 Å². The molecular weight excluding hydrogens is 760 g/mol. The number of nitrogens with one attached hydrogen (secondary N) is 3. The number of carboxylic acids is 1. The molecule has 3 aliphatic rings. The maximum absolute atomic E-state index is 13.8. The van der Waals surface area contributed by atoms with Crippen molar-refractivity contribution in [2.75, 3.05) is 92.1 Å². The molecule has 3 heterocycles. The van der Waals surface area contributed by atoms with Gasteiger partial charge in [0, 0.05) is 58.5 Å². The van der Waals surface area contributed by atoms with Crippen molar-refractivity contribution in [3.8, 4) is 0 Å². The molecule has 0 radical (unpaired) electrons. The second-order valence-corrected chi connectivity index (χ2v) is 14.7. The number of carbonyl (C=O) groups is 8. The van der Waals surface area contributed by atoms with Crippen LogP contribution in [0, 0.1) is 0 Å². The van der Waals surface area contributed by atoms with Crippen molar-refractivity contribution >= 4 is 47.2 Å². The first kappa shape index (κ1) is 48.2. The third-order valence-electron chi connectivity index (χ3n) is 10.2. The molecule has 58 heavy (non-hydrogen) atoms. The van der Waals surface area contributed by atoms with Crippen LogP contribution in [0.5, 0.6) is 0 Å². The van der Waals surface area contributed by atoms with E-state index in [0.29, 0.717) is 71.1 Å². The quantitative estimate of drug-likeness (QED) is 0.0715. The molecule has 328 valence electrons. The summed E-state index contributed by atoms with van der Waals surface area (Å²) in [5, 5.41) is 17.2. The van der Waals surface area contributed by atoms with Crippen LogP contribution in [-0.2, 0) is 57.3 Å². The van der Waals surface area contributed by atoms with Crippen LogP contribution >= 0.6 is 0 Å². The number of ether oxygens (including phenoxy) is 4. The molecule has 6 amide bonds. The number of aliphatic carboxylic acids is 1. The van der Waals surface area contributed by atoms with Crippen molar-refractivity contribution in [1.29, 1.82) is 0 Å². The van der Waals surface area contributed by atoms with E-state index >= 15 is 0 Å². The fraction of sp³-hybridized carbons (Fsp3) is 0.795. The predicted octanol–water partition coefficient (Wildman–Crippen LogP) is -0.221. The maximum Gasteiger partial charge on any atom is 0.303 e. The normalized spacial score (nSPS) is 19.0. The van der Waals surface area contributed by atoms with Gasteiger partial charge in [0.05, 0.1) is 39.6 Å². The van der Waals surface area contributed by atoms with E-state index in [-0.39, 0.29) is 126 Å². The molecule has 0 saturated carbocycles. The molecule has 3 fully saturated rings.